The molecule has 0 atom stereocenters. The van der Waals surface area contributed by atoms with Crippen molar-refractivity contribution >= 4 is 5.69 Å². The lowest BCUT2D eigenvalue weighted by Gasteiger charge is -2.00. The maximum Gasteiger partial charge on any atom is 0.269 e. The molecular formula is C13H15N3O3. The van der Waals surface area contributed by atoms with Crippen LogP contribution in [-0.2, 0) is 6.54 Å². The Hall–Kier alpha value is -2.21. The van der Waals surface area contributed by atoms with Crippen LogP contribution in [0.15, 0.2) is 28.9 Å². The van der Waals surface area contributed by atoms with Gasteiger partial charge in [0, 0.05) is 24.2 Å². The number of nitrogens with one attached hydrogen (secondary N) is 1. The van der Waals surface area contributed by atoms with Crippen molar-refractivity contribution in [2.45, 2.75) is 20.4 Å². The summed E-state index contributed by atoms with van der Waals surface area (Å²) in [6.07, 6.45) is 1.60. The Balaban J connectivity index is 2.26. The predicted molar refractivity (Wildman–Crippen MR) is 70.7 cm³/mol. The van der Waals surface area contributed by atoms with Crippen LogP contribution in [0.1, 0.15) is 18.2 Å². The van der Waals surface area contributed by atoms with Crippen molar-refractivity contribution in [3.05, 3.63) is 45.8 Å². The van der Waals surface area contributed by atoms with Gasteiger partial charge in [-0.1, -0.05) is 6.92 Å². The van der Waals surface area contributed by atoms with Gasteiger partial charge in [0.2, 0.25) is 5.89 Å². The highest BCUT2D eigenvalue weighted by molar-refractivity contribution is 5.61. The Bertz CT molecular complexity index is 593. The number of aryl methyl sites for hydroxylation is 1. The van der Waals surface area contributed by atoms with E-state index in [0.717, 1.165) is 23.4 Å². The molecule has 1 aromatic carbocycles. The molecule has 100 valence electrons. The molecule has 0 aliphatic carbocycles. The van der Waals surface area contributed by atoms with Crippen LogP contribution < -0.4 is 5.32 Å². The molecular weight excluding hydrogens is 246 g/mol. The van der Waals surface area contributed by atoms with E-state index in [0.29, 0.717) is 12.4 Å². The summed E-state index contributed by atoms with van der Waals surface area (Å²) in [6.45, 7) is 5.32. The first kappa shape index (κ1) is 13.2. The summed E-state index contributed by atoms with van der Waals surface area (Å²) in [5.41, 5.74) is 2.43. The average Bonchev–Trinajstić information content (AvgIpc) is 2.84. The van der Waals surface area contributed by atoms with E-state index >= 15 is 0 Å². The second kappa shape index (κ2) is 5.62. The van der Waals surface area contributed by atoms with E-state index in [4.69, 9.17) is 4.42 Å². The summed E-state index contributed by atoms with van der Waals surface area (Å²) in [7, 11) is 0. The molecule has 0 saturated carbocycles. The maximum absolute atomic E-state index is 10.7. The normalized spacial score (nSPS) is 10.6. The van der Waals surface area contributed by atoms with E-state index in [1.807, 2.05) is 6.92 Å². The summed E-state index contributed by atoms with van der Waals surface area (Å²) < 4.78 is 5.41. The number of non-ortho nitro benzene ring substituents is 1. The van der Waals surface area contributed by atoms with Crippen molar-refractivity contribution in [2.24, 2.45) is 0 Å². The standard InChI is InChI=1S/C13H15N3O3/c1-3-14-7-10-8-19-13(15-10)12-5-4-11(16(17)18)6-9(12)2/h4-6,8,14H,3,7H2,1-2H3. The molecule has 1 N–H and O–H groups in total. The number of nitro groups is 1. The lowest BCUT2D eigenvalue weighted by Crippen LogP contribution is -2.11. The van der Waals surface area contributed by atoms with Gasteiger partial charge in [-0.05, 0) is 25.1 Å². The molecule has 6 heteroatoms. The third kappa shape index (κ3) is 2.97. The summed E-state index contributed by atoms with van der Waals surface area (Å²) in [5.74, 6) is 0.486. The van der Waals surface area contributed by atoms with E-state index in [1.54, 1.807) is 19.3 Å². The molecule has 19 heavy (non-hydrogen) atoms. The maximum atomic E-state index is 10.7. The molecule has 0 saturated heterocycles. The minimum atomic E-state index is -0.414. The minimum absolute atomic E-state index is 0.0701. The highest BCUT2D eigenvalue weighted by Crippen LogP contribution is 2.26. The van der Waals surface area contributed by atoms with Gasteiger partial charge in [-0.2, -0.15) is 0 Å². The summed E-state index contributed by atoms with van der Waals surface area (Å²) >= 11 is 0. The van der Waals surface area contributed by atoms with Gasteiger partial charge in [0.25, 0.3) is 5.69 Å². The molecule has 0 amide bonds. The number of aromatic nitrogens is 1. The van der Waals surface area contributed by atoms with Crippen LogP contribution >= 0.6 is 0 Å². The lowest BCUT2D eigenvalue weighted by molar-refractivity contribution is -0.384. The molecule has 1 aromatic heterocycles. The third-order valence-corrected chi connectivity index (χ3v) is 2.76. The van der Waals surface area contributed by atoms with Crippen molar-refractivity contribution in [2.75, 3.05) is 6.54 Å². The van der Waals surface area contributed by atoms with Gasteiger partial charge >= 0.3 is 0 Å². The van der Waals surface area contributed by atoms with Gasteiger partial charge in [-0.15, -0.1) is 0 Å². The van der Waals surface area contributed by atoms with E-state index < -0.39 is 4.92 Å². The van der Waals surface area contributed by atoms with Crippen LogP contribution in [0.4, 0.5) is 5.69 Å². The number of nitro benzene ring substituents is 1. The fraction of sp³-hybridized carbons (Fsp3) is 0.308. The molecule has 2 aromatic rings. The molecule has 0 radical (unpaired) electrons. The second-order valence-corrected chi connectivity index (χ2v) is 4.18. The molecule has 0 spiro atoms. The largest absolute Gasteiger partial charge is 0.444 e. The first-order chi connectivity index (χ1) is 9.11. The first-order valence-electron chi connectivity index (χ1n) is 6.02. The van der Waals surface area contributed by atoms with Crippen LogP contribution in [0.25, 0.3) is 11.5 Å². The van der Waals surface area contributed by atoms with E-state index in [2.05, 4.69) is 10.3 Å². The zero-order valence-corrected chi connectivity index (χ0v) is 10.8. The number of nitrogens with zero attached hydrogens (tertiary/aromatic N) is 2. The van der Waals surface area contributed by atoms with Crippen molar-refractivity contribution in [1.29, 1.82) is 0 Å². The van der Waals surface area contributed by atoms with Crippen LogP contribution in [0, 0.1) is 17.0 Å². The first-order valence-corrected chi connectivity index (χ1v) is 6.02. The number of rotatable bonds is 5. The quantitative estimate of drug-likeness (QED) is 0.661. The molecule has 6 nitrogen and oxygen atoms in total. The van der Waals surface area contributed by atoms with Gasteiger partial charge in [0.1, 0.15) is 6.26 Å². The predicted octanol–water partition coefficient (Wildman–Crippen LogP) is 2.67. The van der Waals surface area contributed by atoms with Gasteiger partial charge in [-0.25, -0.2) is 4.98 Å². The fourth-order valence-electron chi connectivity index (χ4n) is 1.77. The molecule has 0 fully saturated rings. The van der Waals surface area contributed by atoms with Gasteiger partial charge in [0.05, 0.1) is 10.6 Å². The highest BCUT2D eigenvalue weighted by atomic mass is 16.6. The van der Waals surface area contributed by atoms with Crippen molar-refractivity contribution in [1.82, 2.24) is 10.3 Å². The van der Waals surface area contributed by atoms with Crippen LogP contribution in [0.5, 0.6) is 0 Å². The molecule has 0 aliphatic rings. The Morgan fingerprint density at radius 3 is 2.89 bits per heavy atom. The number of hydrogen-bond donors (Lipinski definition) is 1. The van der Waals surface area contributed by atoms with Gasteiger partial charge < -0.3 is 9.73 Å². The summed E-state index contributed by atoms with van der Waals surface area (Å²) in [4.78, 5) is 14.6. The second-order valence-electron chi connectivity index (χ2n) is 4.18. The lowest BCUT2D eigenvalue weighted by atomic mass is 10.1. The summed E-state index contributed by atoms with van der Waals surface area (Å²) in [5, 5.41) is 13.8. The van der Waals surface area contributed by atoms with Gasteiger partial charge in [0.15, 0.2) is 0 Å². The fourth-order valence-corrected chi connectivity index (χ4v) is 1.77. The smallest absolute Gasteiger partial charge is 0.269 e. The Labute approximate surface area is 110 Å². The molecule has 1 heterocycles. The van der Waals surface area contributed by atoms with Crippen LogP contribution in [0.2, 0.25) is 0 Å². The Morgan fingerprint density at radius 1 is 1.47 bits per heavy atom. The minimum Gasteiger partial charge on any atom is -0.444 e. The topological polar surface area (TPSA) is 81.2 Å². The Kier molecular flexibility index (Phi) is 3.91. The van der Waals surface area contributed by atoms with Crippen LogP contribution in [-0.4, -0.2) is 16.5 Å². The molecule has 0 bridgehead atoms. The molecule has 0 unspecified atom stereocenters. The molecule has 2 rings (SSSR count). The molecule has 0 aliphatic heterocycles. The van der Waals surface area contributed by atoms with Crippen molar-refractivity contribution in [3.8, 4) is 11.5 Å². The van der Waals surface area contributed by atoms with Gasteiger partial charge in [-0.3, -0.25) is 10.1 Å². The highest BCUT2D eigenvalue weighted by Gasteiger charge is 2.13. The van der Waals surface area contributed by atoms with E-state index in [1.165, 1.54) is 12.1 Å². The Morgan fingerprint density at radius 2 is 2.26 bits per heavy atom. The average molecular weight is 261 g/mol. The zero-order valence-electron chi connectivity index (χ0n) is 10.8. The van der Waals surface area contributed by atoms with Crippen molar-refractivity contribution < 1.29 is 9.34 Å². The SMILES string of the molecule is CCNCc1coc(-c2ccc([N+](=O)[O-])cc2C)n1. The summed E-state index contributed by atoms with van der Waals surface area (Å²) in [6, 6.07) is 4.64. The van der Waals surface area contributed by atoms with Crippen molar-refractivity contribution in [3.63, 3.8) is 0 Å². The van der Waals surface area contributed by atoms with E-state index in [9.17, 15) is 10.1 Å². The zero-order chi connectivity index (χ0) is 13.8. The number of benzene rings is 1. The van der Waals surface area contributed by atoms with Crippen LogP contribution in [0.3, 0.4) is 0 Å². The third-order valence-electron chi connectivity index (χ3n) is 2.76. The number of oxazole rings is 1. The van der Waals surface area contributed by atoms with E-state index in [-0.39, 0.29) is 5.69 Å². The monoisotopic (exact) mass is 261 g/mol. The number of hydrogen-bond acceptors (Lipinski definition) is 5.